The molecule has 0 aromatic heterocycles. The molecule has 0 aromatic rings. The van der Waals surface area contributed by atoms with Gasteiger partial charge in [0, 0.05) is 51.4 Å². The predicted octanol–water partition coefficient (Wildman–Crippen LogP) is -3.12. The van der Waals surface area contributed by atoms with Crippen molar-refractivity contribution in [1.82, 2.24) is 21.3 Å². The third kappa shape index (κ3) is 27.6. The Labute approximate surface area is 228 Å². The van der Waals surface area contributed by atoms with E-state index in [1.165, 1.54) is 13.8 Å². The van der Waals surface area contributed by atoms with Crippen LogP contribution in [0.25, 0.3) is 0 Å². The summed E-state index contributed by atoms with van der Waals surface area (Å²) < 4.78 is 0. The van der Waals surface area contributed by atoms with E-state index >= 15 is 0 Å². The van der Waals surface area contributed by atoms with Crippen molar-refractivity contribution in [1.29, 1.82) is 0 Å². The summed E-state index contributed by atoms with van der Waals surface area (Å²) in [6, 6.07) is -1.29. The minimum atomic E-state index is -1.10. The van der Waals surface area contributed by atoms with Gasteiger partial charge >= 0.3 is 37.7 Å². The van der Waals surface area contributed by atoms with E-state index in [-0.39, 0.29) is 37.7 Å². The second-order valence-electron chi connectivity index (χ2n) is 7.32. The number of hydrogen-bond donors (Lipinski definition) is 6. The third-order valence-corrected chi connectivity index (χ3v) is 4.26. The zero-order valence-corrected chi connectivity index (χ0v) is 22.7. The first-order valence-electron chi connectivity index (χ1n) is 11.0. The van der Waals surface area contributed by atoms with Crippen molar-refractivity contribution in [3.05, 3.63) is 24.3 Å². The van der Waals surface area contributed by atoms with E-state index in [0.717, 1.165) is 0 Å². The van der Waals surface area contributed by atoms with Crippen LogP contribution in [0.3, 0.4) is 0 Å². The minimum Gasteiger partial charge on any atom is -0.548 e. The first-order valence-corrected chi connectivity index (χ1v) is 11.0. The fraction of sp³-hybridized carbons (Fsp3) is 0.727. The van der Waals surface area contributed by atoms with Crippen molar-refractivity contribution in [3.63, 3.8) is 0 Å². The van der Waals surface area contributed by atoms with Gasteiger partial charge in [-0.05, 0) is 40.5 Å². The Balaban J connectivity index is -0.000000529. The molecule has 4 atom stereocenters. The number of allylic oxidation sites excluding steroid dienone is 2. The summed E-state index contributed by atoms with van der Waals surface area (Å²) in [7, 11) is 0. The van der Waals surface area contributed by atoms with Crippen molar-refractivity contribution in [2.45, 2.75) is 64.8 Å². The number of carboxylic acid groups (broad SMARTS) is 2. The van der Waals surface area contributed by atoms with E-state index in [0.29, 0.717) is 52.1 Å². The van der Waals surface area contributed by atoms with Gasteiger partial charge in [0.2, 0.25) is 0 Å². The van der Waals surface area contributed by atoms with Gasteiger partial charge in [-0.1, -0.05) is 24.3 Å². The molecule has 0 amide bonds. The van der Waals surface area contributed by atoms with Crippen LogP contribution in [0.5, 0.6) is 0 Å². The number of rotatable bonds is 18. The van der Waals surface area contributed by atoms with Crippen molar-refractivity contribution in [2.75, 3.05) is 39.3 Å². The molecule has 0 aliphatic carbocycles. The number of hydrogen-bond acceptors (Lipinski definition) is 10. The zero-order chi connectivity index (χ0) is 24.8. The number of aliphatic hydroxyl groups excluding tert-OH is 2. The SMILES string of the molecule is C/C=C/CC(O)CNCCNC(C)C(=O)[O-].C/C=C/CC(O)CNCCNC(C)C(=O)[O-].[Ca+2]. The van der Waals surface area contributed by atoms with Gasteiger partial charge in [-0.3, -0.25) is 0 Å². The summed E-state index contributed by atoms with van der Waals surface area (Å²) in [5.74, 6) is -2.21. The topological polar surface area (TPSA) is 169 Å². The molecular formula is C22H42CaN4O6. The van der Waals surface area contributed by atoms with Gasteiger partial charge in [0.05, 0.1) is 24.1 Å². The van der Waals surface area contributed by atoms with Gasteiger partial charge in [-0.2, -0.15) is 0 Å². The Bertz CT molecular complexity index is 491. The van der Waals surface area contributed by atoms with Gasteiger partial charge < -0.3 is 51.3 Å². The van der Waals surface area contributed by atoms with Crippen LogP contribution < -0.4 is 31.5 Å². The first-order chi connectivity index (χ1) is 15.1. The minimum absolute atomic E-state index is 0. The average Bonchev–Trinajstić information content (AvgIpc) is 2.75. The molecule has 0 saturated carbocycles. The molecule has 0 spiro atoms. The summed E-state index contributed by atoms with van der Waals surface area (Å²) in [6.07, 6.45) is 8.08. The Morgan fingerprint density at radius 1 is 0.758 bits per heavy atom. The van der Waals surface area contributed by atoms with Crippen LogP contribution in [0, 0.1) is 0 Å². The molecular weight excluding hydrogens is 456 g/mol. The van der Waals surface area contributed by atoms with Crippen LogP contribution in [-0.4, -0.2) is 123 Å². The van der Waals surface area contributed by atoms with Gasteiger partial charge in [0.15, 0.2) is 0 Å². The van der Waals surface area contributed by atoms with Crippen LogP contribution in [-0.2, 0) is 9.59 Å². The molecule has 0 saturated heterocycles. The van der Waals surface area contributed by atoms with E-state index in [4.69, 9.17) is 0 Å². The molecule has 33 heavy (non-hydrogen) atoms. The largest absolute Gasteiger partial charge is 2.00 e. The van der Waals surface area contributed by atoms with E-state index in [1.54, 1.807) is 0 Å². The molecule has 10 nitrogen and oxygen atoms in total. The van der Waals surface area contributed by atoms with Crippen LogP contribution in [0.15, 0.2) is 24.3 Å². The van der Waals surface area contributed by atoms with E-state index < -0.39 is 36.2 Å². The fourth-order valence-electron chi connectivity index (χ4n) is 2.21. The maximum atomic E-state index is 10.3. The molecule has 188 valence electrons. The third-order valence-electron chi connectivity index (χ3n) is 4.26. The van der Waals surface area contributed by atoms with Gasteiger partial charge in [-0.15, -0.1) is 0 Å². The maximum Gasteiger partial charge on any atom is 2.00 e. The van der Waals surface area contributed by atoms with Crippen molar-refractivity contribution in [2.24, 2.45) is 0 Å². The van der Waals surface area contributed by atoms with Crippen molar-refractivity contribution >= 4 is 49.7 Å². The summed E-state index contributed by atoms with van der Waals surface area (Å²) in [5, 5.41) is 51.2. The Morgan fingerprint density at radius 3 is 1.36 bits per heavy atom. The van der Waals surface area contributed by atoms with Gasteiger partial charge in [0.1, 0.15) is 0 Å². The second kappa shape index (κ2) is 26.1. The number of nitrogens with one attached hydrogen (secondary N) is 4. The van der Waals surface area contributed by atoms with Gasteiger partial charge in [0.25, 0.3) is 0 Å². The zero-order valence-electron chi connectivity index (χ0n) is 20.5. The average molecular weight is 499 g/mol. The molecule has 0 fully saturated rings. The second-order valence-corrected chi connectivity index (χ2v) is 7.32. The molecule has 0 aliphatic rings. The van der Waals surface area contributed by atoms with E-state index in [1.807, 2.05) is 38.2 Å². The molecule has 0 radical (unpaired) electrons. The molecule has 11 heteroatoms. The molecule has 0 bridgehead atoms. The Morgan fingerprint density at radius 2 is 1.09 bits per heavy atom. The predicted molar refractivity (Wildman–Crippen MR) is 127 cm³/mol. The molecule has 0 aliphatic heterocycles. The standard InChI is InChI=1S/2C11H22N2O3.Ca/c2*1-3-4-5-10(14)8-12-6-7-13-9(2)11(15)16;/h2*3-4,9-10,12-14H,5-8H2,1-2H3,(H,15,16);/q;;+2/p-2/b2*4-3+;. The summed E-state index contributed by atoms with van der Waals surface area (Å²) in [4.78, 5) is 20.7. The summed E-state index contributed by atoms with van der Waals surface area (Å²) >= 11 is 0. The van der Waals surface area contributed by atoms with Crippen LogP contribution >= 0.6 is 0 Å². The summed E-state index contributed by atoms with van der Waals surface area (Å²) in [5.41, 5.74) is 0. The number of carbonyl (C=O) groups is 2. The maximum absolute atomic E-state index is 10.3. The summed E-state index contributed by atoms with van der Waals surface area (Å²) in [6.45, 7) is 10.2. The smallest absolute Gasteiger partial charge is 0.548 e. The molecule has 0 aromatic carbocycles. The van der Waals surface area contributed by atoms with Gasteiger partial charge in [-0.25, -0.2) is 0 Å². The number of carbonyl (C=O) groups excluding carboxylic acids is 2. The van der Waals surface area contributed by atoms with Crippen LogP contribution in [0.4, 0.5) is 0 Å². The normalized spacial score (nSPS) is 14.7. The van der Waals surface area contributed by atoms with Crippen LogP contribution in [0.2, 0.25) is 0 Å². The number of aliphatic carboxylic acids is 2. The number of aliphatic hydroxyl groups is 2. The Hall–Kier alpha value is -0.560. The van der Waals surface area contributed by atoms with Crippen molar-refractivity contribution < 1.29 is 30.0 Å². The fourth-order valence-corrected chi connectivity index (χ4v) is 2.21. The van der Waals surface area contributed by atoms with Crippen LogP contribution in [0.1, 0.15) is 40.5 Å². The molecule has 6 N–H and O–H groups in total. The van der Waals surface area contributed by atoms with E-state index in [9.17, 15) is 30.0 Å². The van der Waals surface area contributed by atoms with Crippen molar-refractivity contribution in [3.8, 4) is 0 Å². The first kappa shape index (κ1) is 37.0. The number of carboxylic acids is 2. The van der Waals surface area contributed by atoms with E-state index in [2.05, 4.69) is 21.3 Å². The monoisotopic (exact) mass is 498 g/mol. The Kier molecular flexibility index (Phi) is 29.2. The molecule has 0 heterocycles. The molecule has 4 unspecified atom stereocenters. The molecule has 0 rings (SSSR count). The quantitative estimate of drug-likeness (QED) is 0.0646.